The fourth-order valence-electron chi connectivity index (χ4n) is 2.12. The van der Waals surface area contributed by atoms with Crippen molar-refractivity contribution in [2.45, 2.75) is 25.5 Å². The first kappa shape index (κ1) is 19.9. The van der Waals surface area contributed by atoms with Crippen LogP contribution in [0.4, 0.5) is 4.39 Å². The molecule has 2 atom stereocenters. The molecule has 0 saturated heterocycles. The lowest BCUT2D eigenvalue weighted by Crippen LogP contribution is -2.50. The van der Waals surface area contributed by atoms with Crippen molar-refractivity contribution >= 4 is 18.3 Å². The molecule has 0 heterocycles. The van der Waals surface area contributed by atoms with E-state index in [-0.39, 0.29) is 30.2 Å². The number of halogens is 2. The number of benzene rings is 2. The van der Waals surface area contributed by atoms with E-state index in [0.717, 1.165) is 5.56 Å². The van der Waals surface area contributed by atoms with Crippen LogP contribution in [-0.2, 0) is 10.3 Å². The van der Waals surface area contributed by atoms with Crippen LogP contribution in [0.2, 0.25) is 0 Å². The molecule has 2 rings (SSSR count). The van der Waals surface area contributed by atoms with Crippen LogP contribution in [0.5, 0.6) is 5.75 Å². The summed E-state index contributed by atoms with van der Waals surface area (Å²) in [6.07, 6.45) is -0.268. The third-order valence-corrected chi connectivity index (χ3v) is 3.55. The van der Waals surface area contributed by atoms with Crippen molar-refractivity contribution in [3.05, 3.63) is 66.0 Å². The first-order valence-corrected chi connectivity index (χ1v) is 7.44. The number of nitrogens with one attached hydrogen (secondary N) is 1. The molecule has 0 radical (unpaired) electrons. The third-order valence-electron chi connectivity index (χ3n) is 3.55. The molecule has 3 N–H and O–H groups in total. The zero-order valence-corrected chi connectivity index (χ0v) is 14.5. The molecule has 0 fully saturated rings. The number of carbonyl (C=O) groups is 1. The van der Waals surface area contributed by atoms with Gasteiger partial charge in [-0.05, 0) is 43.7 Å². The average molecular weight is 353 g/mol. The van der Waals surface area contributed by atoms with Gasteiger partial charge in [0.25, 0.3) is 0 Å². The Labute approximate surface area is 147 Å². The lowest BCUT2D eigenvalue weighted by molar-refractivity contribution is -0.126. The van der Waals surface area contributed by atoms with Crippen LogP contribution in [0.3, 0.4) is 0 Å². The van der Waals surface area contributed by atoms with E-state index in [1.54, 1.807) is 19.1 Å². The minimum absolute atomic E-state index is 0. The highest BCUT2D eigenvalue weighted by molar-refractivity contribution is 5.87. The predicted molar refractivity (Wildman–Crippen MR) is 94.7 cm³/mol. The molecule has 0 spiro atoms. The van der Waals surface area contributed by atoms with Gasteiger partial charge in [0.2, 0.25) is 5.91 Å². The highest BCUT2D eigenvalue weighted by Gasteiger charge is 2.30. The number of rotatable bonds is 6. The van der Waals surface area contributed by atoms with Crippen molar-refractivity contribution < 1.29 is 13.9 Å². The molecule has 4 nitrogen and oxygen atoms in total. The summed E-state index contributed by atoms with van der Waals surface area (Å²) in [6, 6.07) is 14.9. The predicted octanol–water partition coefficient (Wildman–Crippen LogP) is 3.01. The summed E-state index contributed by atoms with van der Waals surface area (Å²) >= 11 is 0. The largest absolute Gasteiger partial charge is 0.489 e. The summed E-state index contributed by atoms with van der Waals surface area (Å²) in [6.45, 7) is 3.79. The number of nitrogens with two attached hydrogens (primary N) is 1. The van der Waals surface area contributed by atoms with Crippen molar-refractivity contribution in [1.29, 1.82) is 0 Å². The maximum absolute atomic E-state index is 12.8. The van der Waals surface area contributed by atoms with Crippen molar-refractivity contribution in [2.75, 3.05) is 6.54 Å². The summed E-state index contributed by atoms with van der Waals surface area (Å²) in [5, 5.41) is 2.79. The fraction of sp³-hybridized carbons (Fsp3) is 0.278. The standard InChI is InChI=1S/C18H21FN2O2.ClH/c1-13(23-16-10-8-15(19)9-11-16)12-21-17(22)18(2,20)14-6-4-3-5-7-14;/h3-11,13H,12,20H2,1-2H3,(H,21,22);1H. The smallest absolute Gasteiger partial charge is 0.244 e. The number of amides is 1. The molecule has 6 heteroatoms. The van der Waals surface area contributed by atoms with E-state index in [1.165, 1.54) is 12.1 Å². The Hall–Kier alpha value is -2.11. The van der Waals surface area contributed by atoms with Gasteiger partial charge in [0.15, 0.2) is 0 Å². The maximum Gasteiger partial charge on any atom is 0.244 e. The lowest BCUT2D eigenvalue weighted by Gasteiger charge is -2.25. The first-order valence-electron chi connectivity index (χ1n) is 7.44. The Morgan fingerprint density at radius 2 is 1.79 bits per heavy atom. The zero-order chi connectivity index (χ0) is 16.9. The lowest BCUT2D eigenvalue weighted by atomic mass is 9.92. The van der Waals surface area contributed by atoms with E-state index in [4.69, 9.17) is 10.5 Å². The molecule has 1 amide bonds. The summed E-state index contributed by atoms with van der Waals surface area (Å²) in [5.41, 5.74) is 5.77. The second kappa shape index (κ2) is 8.66. The van der Waals surface area contributed by atoms with Gasteiger partial charge in [-0.2, -0.15) is 0 Å². The second-order valence-corrected chi connectivity index (χ2v) is 5.66. The summed E-state index contributed by atoms with van der Waals surface area (Å²) < 4.78 is 18.5. The van der Waals surface area contributed by atoms with Gasteiger partial charge in [-0.1, -0.05) is 30.3 Å². The molecule has 24 heavy (non-hydrogen) atoms. The fourth-order valence-corrected chi connectivity index (χ4v) is 2.12. The molecule has 0 aliphatic rings. The number of hydrogen-bond acceptors (Lipinski definition) is 3. The molecule has 0 aromatic heterocycles. The molecule has 0 saturated carbocycles. The molecular weight excluding hydrogens is 331 g/mol. The third kappa shape index (κ3) is 5.22. The van der Waals surface area contributed by atoms with Crippen LogP contribution in [0, 0.1) is 5.82 Å². The normalized spacial score (nSPS) is 14.0. The van der Waals surface area contributed by atoms with Crippen LogP contribution in [0.25, 0.3) is 0 Å². The number of hydrogen-bond donors (Lipinski definition) is 2. The van der Waals surface area contributed by atoms with E-state index in [1.807, 2.05) is 37.3 Å². The van der Waals surface area contributed by atoms with Gasteiger partial charge in [-0.3, -0.25) is 4.79 Å². The second-order valence-electron chi connectivity index (χ2n) is 5.66. The summed E-state index contributed by atoms with van der Waals surface area (Å²) in [4.78, 5) is 12.3. The highest BCUT2D eigenvalue weighted by Crippen LogP contribution is 2.17. The molecule has 2 aromatic rings. The van der Waals surface area contributed by atoms with Crippen LogP contribution in [0.15, 0.2) is 54.6 Å². The van der Waals surface area contributed by atoms with Crippen LogP contribution >= 0.6 is 12.4 Å². The van der Waals surface area contributed by atoms with Gasteiger partial charge in [-0.15, -0.1) is 12.4 Å². The Bertz CT molecular complexity index is 648. The van der Waals surface area contributed by atoms with E-state index in [2.05, 4.69) is 5.32 Å². The summed E-state index contributed by atoms with van der Waals surface area (Å²) in [7, 11) is 0. The van der Waals surface area contributed by atoms with E-state index in [0.29, 0.717) is 12.3 Å². The van der Waals surface area contributed by atoms with Crippen molar-refractivity contribution in [3.63, 3.8) is 0 Å². The van der Waals surface area contributed by atoms with E-state index >= 15 is 0 Å². The first-order chi connectivity index (χ1) is 10.9. The van der Waals surface area contributed by atoms with Gasteiger partial charge in [0.1, 0.15) is 23.2 Å². The molecule has 2 aromatic carbocycles. The van der Waals surface area contributed by atoms with Gasteiger partial charge < -0.3 is 15.8 Å². The van der Waals surface area contributed by atoms with Crippen molar-refractivity contribution in [1.82, 2.24) is 5.32 Å². The Morgan fingerprint density at radius 3 is 2.38 bits per heavy atom. The number of carbonyl (C=O) groups excluding carboxylic acids is 1. The van der Waals surface area contributed by atoms with Crippen LogP contribution in [0.1, 0.15) is 19.4 Å². The Balaban J connectivity index is 0.00000288. The Morgan fingerprint density at radius 1 is 1.21 bits per heavy atom. The SMILES string of the molecule is CC(CNC(=O)C(C)(N)c1ccccc1)Oc1ccc(F)cc1.Cl. The maximum atomic E-state index is 12.8. The highest BCUT2D eigenvalue weighted by atomic mass is 35.5. The molecule has 130 valence electrons. The van der Waals surface area contributed by atoms with E-state index in [9.17, 15) is 9.18 Å². The quantitative estimate of drug-likeness (QED) is 0.840. The van der Waals surface area contributed by atoms with Gasteiger partial charge >= 0.3 is 0 Å². The Kier molecular flexibility index (Phi) is 7.19. The molecule has 2 unspecified atom stereocenters. The average Bonchev–Trinajstić information content (AvgIpc) is 2.55. The van der Waals surface area contributed by atoms with Gasteiger partial charge in [0.05, 0.1) is 6.54 Å². The number of ether oxygens (including phenoxy) is 1. The van der Waals surface area contributed by atoms with Crippen molar-refractivity contribution in [2.24, 2.45) is 5.73 Å². The molecule has 0 bridgehead atoms. The molecule has 0 aliphatic heterocycles. The van der Waals surface area contributed by atoms with Crippen LogP contribution < -0.4 is 15.8 Å². The van der Waals surface area contributed by atoms with Gasteiger partial charge in [0, 0.05) is 0 Å². The minimum Gasteiger partial charge on any atom is -0.489 e. The van der Waals surface area contributed by atoms with E-state index < -0.39 is 5.54 Å². The minimum atomic E-state index is -1.11. The van der Waals surface area contributed by atoms with Gasteiger partial charge in [-0.25, -0.2) is 4.39 Å². The zero-order valence-electron chi connectivity index (χ0n) is 13.7. The molecular formula is C18H22ClFN2O2. The van der Waals surface area contributed by atoms with Crippen LogP contribution in [-0.4, -0.2) is 18.6 Å². The monoisotopic (exact) mass is 352 g/mol. The summed E-state index contributed by atoms with van der Waals surface area (Å²) in [5.74, 6) is -0.0509. The molecule has 0 aliphatic carbocycles. The topological polar surface area (TPSA) is 64.4 Å². The van der Waals surface area contributed by atoms with Crippen molar-refractivity contribution in [3.8, 4) is 5.75 Å².